The fraction of sp³-hybridized carbons (Fsp3) is 0.0312. The smallest absolute Gasteiger partial charge is 0.0998 e. The summed E-state index contributed by atoms with van der Waals surface area (Å²) in [6.07, 6.45) is 0. The number of fused-ring (bicyclic) bond motifs is 7. The van der Waals surface area contributed by atoms with Crippen LogP contribution in [0.3, 0.4) is 0 Å². The number of benzene rings is 5. The van der Waals surface area contributed by atoms with Gasteiger partial charge in [0.05, 0.1) is 22.7 Å². The fourth-order valence-electron chi connectivity index (χ4n) is 5.31. The highest BCUT2D eigenvalue weighted by atomic mass is 32.1. The predicted molar refractivity (Wildman–Crippen MR) is 149 cm³/mol. The monoisotopic (exact) mass is 464 g/mol. The Kier molecular flexibility index (Phi) is 4.33. The van der Waals surface area contributed by atoms with Crippen LogP contribution >= 0.6 is 11.3 Å². The Balaban J connectivity index is 1.48. The SMILES string of the molecule is Cc1ccc(-c2ccc(-n3c4ccccc4c4c5sc6ccccc6c5ccc43)cc2)c(C#N)c1. The molecule has 0 aliphatic carbocycles. The van der Waals surface area contributed by atoms with Crippen molar-refractivity contribution in [3.63, 3.8) is 0 Å². The molecule has 0 aliphatic heterocycles. The van der Waals surface area contributed by atoms with Crippen molar-refractivity contribution in [2.75, 3.05) is 0 Å². The fourth-order valence-corrected chi connectivity index (χ4v) is 6.56. The van der Waals surface area contributed by atoms with Crippen LogP contribution in [0.25, 0.3) is 58.8 Å². The van der Waals surface area contributed by atoms with Gasteiger partial charge in [0, 0.05) is 36.6 Å². The molecule has 0 fully saturated rings. The molecule has 0 bridgehead atoms. The number of hydrogen-bond donors (Lipinski definition) is 0. The van der Waals surface area contributed by atoms with E-state index in [0.29, 0.717) is 5.56 Å². The van der Waals surface area contributed by atoms with Gasteiger partial charge in [0.1, 0.15) is 0 Å². The van der Waals surface area contributed by atoms with Gasteiger partial charge in [-0.2, -0.15) is 5.26 Å². The van der Waals surface area contributed by atoms with E-state index >= 15 is 0 Å². The molecule has 2 heterocycles. The molecule has 0 amide bonds. The van der Waals surface area contributed by atoms with Gasteiger partial charge in [0.2, 0.25) is 0 Å². The summed E-state index contributed by atoms with van der Waals surface area (Å²) >= 11 is 1.88. The summed E-state index contributed by atoms with van der Waals surface area (Å²) in [4.78, 5) is 0. The lowest BCUT2D eigenvalue weighted by atomic mass is 9.98. The first-order valence-corrected chi connectivity index (χ1v) is 12.5. The Labute approximate surface area is 206 Å². The second-order valence-corrected chi connectivity index (χ2v) is 10.0. The summed E-state index contributed by atoms with van der Waals surface area (Å²) in [6, 6.07) is 38.9. The Morgan fingerprint density at radius 1 is 0.714 bits per heavy atom. The Bertz CT molecular complexity index is 1960. The van der Waals surface area contributed by atoms with Gasteiger partial charge in [-0.25, -0.2) is 0 Å². The third-order valence-electron chi connectivity index (χ3n) is 6.91. The van der Waals surface area contributed by atoms with Gasteiger partial charge in [0.15, 0.2) is 0 Å². The van der Waals surface area contributed by atoms with Crippen LogP contribution in [-0.2, 0) is 0 Å². The molecule has 164 valence electrons. The zero-order chi connectivity index (χ0) is 23.5. The van der Waals surface area contributed by atoms with Gasteiger partial charge >= 0.3 is 0 Å². The Morgan fingerprint density at radius 3 is 2.31 bits per heavy atom. The number of hydrogen-bond acceptors (Lipinski definition) is 2. The van der Waals surface area contributed by atoms with E-state index in [4.69, 9.17) is 0 Å². The lowest BCUT2D eigenvalue weighted by Gasteiger charge is -2.10. The second kappa shape index (κ2) is 7.56. The molecule has 5 aromatic carbocycles. The van der Waals surface area contributed by atoms with Crippen LogP contribution < -0.4 is 0 Å². The van der Waals surface area contributed by atoms with Crippen LogP contribution in [0.2, 0.25) is 0 Å². The van der Waals surface area contributed by atoms with Crippen LogP contribution in [0.15, 0.2) is 103 Å². The third kappa shape index (κ3) is 2.94. The normalized spacial score (nSPS) is 11.5. The molecule has 0 N–H and O–H groups in total. The molecule has 0 saturated heterocycles. The van der Waals surface area contributed by atoms with E-state index in [0.717, 1.165) is 22.4 Å². The largest absolute Gasteiger partial charge is 0.309 e. The number of nitriles is 1. The van der Waals surface area contributed by atoms with Crippen molar-refractivity contribution < 1.29 is 0 Å². The number of para-hydroxylation sites is 1. The lowest BCUT2D eigenvalue weighted by molar-refractivity contribution is 1.18. The topological polar surface area (TPSA) is 28.7 Å². The molecule has 0 unspecified atom stereocenters. The highest BCUT2D eigenvalue weighted by Gasteiger charge is 2.17. The van der Waals surface area contributed by atoms with Crippen LogP contribution in [0.5, 0.6) is 0 Å². The molecule has 0 atom stereocenters. The summed E-state index contributed by atoms with van der Waals surface area (Å²) in [5.74, 6) is 0. The van der Waals surface area contributed by atoms with Crippen molar-refractivity contribution in [3.05, 3.63) is 114 Å². The minimum Gasteiger partial charge on any atom is -0.309 e. The average Bonchev–Trinajstić information content (AvgIpc) is 3.44. The molecule has 0 radical (unpaired) electrons. The molecule has 35 heavy (non-hydrogen) atoms. The number of aromatic nitrogens is 1. The van der Waals surface area contributed by atoms with Crippen LogP contribution in [0, 0.1) is 18.3 Å². The Morgan fingerprint density at radius 2 is 1.49 bits per heavy atom. The van der Waals surface area contributed by atoms with E-state index in [-0.39, 0.29) is 0 Å². The molecular weight excluding hydrogens is 444 g/mol. The van der Waals surface area contributed by atoms with Crippen molar-refractivity contribution in [3.8, 4) is 22.9 Å². The summed E-state index contributed by atoms with van der Waals surface area (Å²) < 4.78 is 5.02. The second-order valence-electron chi connectivity index (χ2n) is 8.99. The zero-order valence-corrected chi connectivity index (χ0v) is 19.9. The van der Waals surface area contributed by atoms with E-state index < -0.39 is 0 Å². The first-order chi connectivity index (χ1) is 17.2. The van der Waals surface area contributed by atoms with Gasteiger partial charge < -0.3 is 4.57 Å². The summed E-state index contributed by atoms with van der Waals surface area (Å²) in [5.41, 5.74) is 7.36. The number of nitrogens with zero attached hydrogens (tertiary/aromatic N) is 2. The zero-order valence-electron chi connectivity index (χ0n) is 19.1. The van der Waals surface area contributed by atoms with Crippen molar-refractivity contribution in [1.29, 1.82) is 5.26 Å². The van der Waals surface area contributed by atoms with E-state index in [1.165, 1.54) is 42.0 Å². The van der Waals surface area contributed by atoms with Crippen molar-refractivity contribution >= 4 is 53.3 Å². The van der Waals surface area contributed by atoms with Crippen molar-refractivity contribution in [1.82, 2.24) is 4.57 Å². The number of thiophene rings is 1. The van der Waals surface area contributed by atoms with Crippen molar-refractivity contribution in [2.24, 2.45) is 0 Å². The minimum atomic E-state index is 0.710. The average molecular weight is 465 g/mol. The lowest BCUT2D eigenvalue weighted by Crippen LogP contribution is -1.94. The van der Waals surface area contributed by atoms with Gasteiger partial charge in [-0.1, -0.05) is 66.7 Å². The predicted octanol–water partition coefficient (Wildman–Crippen LogP) is 9.00. The quantitative estimate of drug-likeness (QED) is 0.251. The third-order valence-corrected chi connectivity index (χ3v) is 8.12. The molecule has 0 aliphatic rings. The first-order valence-electron chi connectivity index (χ1n) is 11.7. The minimum absolute atomic E-state index is 0.710. The maximum Gasteiger partial charge on any atom is 0.0998 e. The van der Waals surface area contributed by atoms with Crippen LogP contribution in [0.4, 0.5) is 0 Å². The number of aryl methyl sites for hydroxylation is 1. The molecule has 7 rings (SSSR count). The van der Waals surface area contributed by atoms with Crippen LogP contribution in [-0.4, -0.2) is 4.57 Å². The first kappa shape index (κ1) is 20.0. The molecule has 2 aromatic heterocycles. The van der Waals surface area contributed by atoms with Crippen LogP contribution in [0.1, 0.15) is 11.1 Å². The van der Waals surface area contributed by atoms with Gasteiger partial charge in [-0.15, -0.1) is 11.3 Å². The van der Waals surface area contributed by atoms with Gasteiger partial charge in [0.25, 0.3) is 0 Å². The molecule has 0 spiro atoms. The summed E-state index contributed by atoms with van der Waals surface area (Å²) in [5, 5.41) is 14.9. The molecule has 7 aromatic rings. The molecule has 0 saturated carbocycles. The molecule has 2 nitrogen and oxygen atoms in total. The van der Waals surface area contributed by atoms with E-state index in [2.05, 4.69) is 102 Å². The standard InChI is InChI=1S/C32H20N2S/c1-20-10-15-24(22(18-20)19-33)21-11-13-23(14-12-21)34-28-8-4-2-7-27(28)31-29(34)17-16-26-25-6-3-5-9-30(25)35-32(26)31/h2-18H,1H3. The van der Waals surface area contributed by atoms with E-state index in [9.17, 15) is 5.26 Å². The van der Waals surface area contributed by atoms with Gasteiger partial charge in [-0.05, 0) is 60.0 Å². The Hall–Kier alpha value is -4.39. The summed E-state index contributed by atoms with van der Waals surface area (Å²) in [7, 11) is 0. The van der Waals surface area contributed by atoms with Gasteiger partial charge in [-0.3, -0.25) is 0 Å². The highest BCUT2D eigenvalue weighted by Crippen LogP contribution is 2.43. The summed E-state index contributed by atoms with van der Waals surface area (Å²) in [6.45, 7) is 2.02. The molecule has 3 heteroatoms. The van der Waals surface area contributed by atoms with E-state index in [1.807, 2.05) is 30.4 Å². The number of rotatable bonds is 2. The van der Waals surface area contributed by atoms with E-state index in [1.54, 1.807) is 0 Å². The van der Waals surface area contributed by atoms with Crippen molar-refractivity contribution in [2.45, 2.75) is 6.92 Å². The molecular formula is C32H20N2S. The highest BCUT2D eigenvalue weighted by molar-refractivity contribution is 7.26. The maximum atomic E-state index is 9.63. The maximum absolute atomic E-state index is 9.63.